The molecule has 3 nitrogen and oxygen atoms in total. The molecule has 0 aliphatic carbocycles. The van der Waals surface area contributed by atoms with Crippen LogP contribution in [0.15, 0.2) is 88.2 Å². The van der Waals surface area contributed by atoms with Crippen molar-refractivity contribution in [1.82, 2.24) is 0 Å². The normalized spacial score (nSPS) is 15.2. The van der Waals surface area contributed by atoms with Gasteiger partial charge in [0.25, 0.3) is 5.91 Å². The Hall–Kier alpha value is -2.41. The summed E-state index contributed by atoms with van der Waals surface area (Å²) >= 11 is 10.1. The van der Waals surface area contributed by atoms with E-state index in [-0.39, 0.29) is 5.91 Å². The van der Waals surface area contributed by atoms with Gasteiger partial charge in [-0.1, -0.05) is 82.4 Å². The van der Waals surface area contributed by atoms with Gasteiger partial charge in [0.2, 0.25) is 0 Å². The van der Waals surface area contributed by atoms with Crippen LogP contribution < -0.4 is 9.64 Å². The summed E-state index contributed by atoms with van der Waals surface area (Å²) in [4.78, 5) is 15.0. The molecule has 1 fully saturated rings. The van der Waals surface area contributed by atoms with Gasteiger partial charge in [0.1, 0.15) is 12.4 Å². The number of carbonyl (C=O) groups excluding carboxylic acids is 1. The van der Waals surface area contributed by atoms with E-state index in [4.69, 9.17) is 17.0 Å². The molecule has 1 amide bonds. The second kappa shape index (κ2) is 8.95. The molecule has 3 aromatic rings. The zero-order chi connectivity index (χ0) is 20.2. The SMILES string of the molecule is O=C1/C(=C/c2ccc(OCc3ccccc3)cc2)SC(=S)N1c1ccc(Br)cc1. The smallest absolute Gasteiger partial charge is 0.270 e. The van der Waals surface area contributed by atoms with E-state index in [1.807, 2.05) is 84.9 Å². The average Bonchev–Trinajstić information content (AvgIpc) is 3.02. The molecule has 0 radical (unpaired) electrons. The number of benzene rings is 3. The van der Waals surface area contributed by atoms with Crippen LogP contribution in [0.4, 0.5) is 5.69 Å². The van der Waals surface area contributed by atoms with Crippen molar-refractivity contribution in [2.24, 2.45) is 0 Å². The lowest BCUT2D eigenvalue weighted by molar-refractivity contribution is -0.113. The molecular formula is C23H16BrNO2S2. The van der Waals surface area contributed by atoms with Gasteiger partial charge < -0.3 is 4.74 Å². The second-order valence-corrected chi connectivity index (χ2v) is 8.93. The summed E-state index contributed by atoms with van der Waals surface area (Å²) in [6.45, 7) is 0.520. The Morgan fingerprint density at radius 1 is 0.966 bits per heavy atom. The molecule has 6 heteroatoms. The Labute approximate surface area is 187 Å². The molecule has 1 aliphatic heterocycles. The highest BCUT2D eigenvalue weighted by Gasteiger charge is 2.33. The predicted octanol–water partition coefficient (Wildman–Crippen LogP) is 6.43. The summed E-state index contributed by atoms with van der Waals surface area (Å²) < 4.78 is 7.30. The summed E-state index contributed by atoms with van der Waals surface area (Å²) in [5, 5.41) is 0. The van der Waals surface area contributed by atoms with Crippen LogP contribution in [-0.4, -0.2) is 10.2 Å². The molecule has 29 heavy (non-hydrogen) atoms. The molecule has 0 aromatic heterocycles. The maximum absolute atomic E-state index is 12.8. The summed E-state index contributed by atoms with van der Waals surface area (Å²) in [5.41, 5.74) is 2.81. The predicted molar refractivity (Wildman–Crippen MR) is 127 cm³/mol. The third-order valence-electron chi connectivity index (χ3n) is 4.30. The number of halogens is 1. The van der Waals surface area contributed by atoms with Crippen molar-refractivity contribution in [3.63, 3.8) is 0 Å². The molecule has 0 spiro atoms. The van der Waals surface area contributed by atoms with E-state index in [9.17, 15) is 4.79 Å². The van der Waals surface area contributed by atoms with Crippen LogP contribution in [0.2, 0.25) is 0 Å². The van der Waals surface area contributed by atoms with Gasteiger partial charge in [-0.3, -0.25) is 9.69 Å². The van der Waals surface area contributed by atoms with Crippen LogP contribution in [0.5, 0.6) is 5.75 Å². The maximum atomic E-state index is 12.8. The van der Waals surface area contributed by atoms with Crippen LogP contribution in [0.3, 0.4) is 0 Å². The van der Waals surface area contributed by atoms with E-state index in [0.717, 1.165) is 27.0 Å². The Kier molecular flexibility index (Phi) is 6.13. The second-order valence-electron chi connectivity index (χ2n) is 6.34. The van der Waals surface area contributed by atoms with Gasteiger partial charge in [-0.15, -0.1) is 0 Å². The van der Waals surface area contributed by atoms with Crippen LogP contribution in [0.25, 0.3) is 6.08 Å². The highest BCUT2D eigenvalue weighted by Crippen LogP contribution is 2.36. The topological polar surface area (TPSA) is 29.5 Å². The van der Waals surface area contributed by atoms with Crippen molar-refractivity contribution >= 4 is 61.9 Å². The number of rotatable bonds is 5. The molecule has 1 heterocycles. The van der Waals surface area contributed by atoms with Crippen LogP contribution in [0.1, 0.15) is 11.1 Å². The highest BCUT2D eigenvalue weighted by atomic mass is 79.9. The van der Waals surface area contributed by atoms with Crippen molar-refractivity contribution in [3.8, 4) is 5.75 Å². The summed E-state index contributed by atoms with van der Waals surface area (Å²) in [5.74, 6) is 0.681. The Morgan fingerprint density at radius 2 is 1.66 bits per heavy atom. The molecule has 4 rings (SSSR count). The van der Waals surface area contributed by atoms with Gasteiger partial charge >= 0.3 is 0 Å². The fraction of sp³-hybridized carbons (Fsp3) is 0.0435. The third-order valence-corrected chi connectivity index (χ3v) is 6.14. The number of anilines is 1. The minimum absolute atomic E-state index is 0.105. The fourth-order valence-electron chi connectivity index (χ4n) is 2.83. The van der Waals surface area contributed by atoms with Crippen LogP contribution >= 0.6 is 39.9 Å². The molecule has 1 aliphatic rings. The molecule has 0 N–H and O–H groups in total. The van der Waals surface area contributed by atoms with E-state index in [1.54, 1.807) is 4.90 Å². The minimum Gasteiger partial charge on any atom is -0.489 e. The molecule has 3 aromatic carbocycles. The Morgan fingerprint density at radius 3 is 2.34 bits per heavy atom. The number of hydrogen-bond acceptors (Lipinski definition) is 4. The first-order valence-corrected chi connectivity index (χ1v) is 10.9. The molecular weight excluding hydrogens is 466 g/mol. The van der Waals surface area contributed by atoms with Crippen molar-refractivity contribution in [3.05, 3.63) is 99.4 Å². The minimum atomic E-state index is -0.105. The van der Waals surface area contributed by atoms with Crippen molar-refractivity contribution in [1.29, 1.82) is 0 Å². The van der Waals surface area contributed by atoms with E-state index < -0.39 is 0 Å². The number of carbonyl (C=O) groups is 1. The van der Waals surface area contributed by atoms with Crippen molar-refractivity contribution < 1.29 is 9.53 Å². The monoisotopic (exact) mass is 481 g/mol. The Bertz CT molecular complexity index is 1060. The van der Waals surface area contributed by atoms with Gasteiger partial charge in [0.05, 0.1) is 10.6 Å². The molecule has 0 atom stereocenters. The Balaban J connectivity index is 1.45. The molecule has 1 saturated heterocycles. The number of nitrogens with zero attached hydrogens (tertiary/aromatic N) is 1. The van der Waals surface area contributed by atoms with Gasteiger partial charge in [0, 0.05) is 4.47 Å². The summed E-state index contributed by atoms with van der Waals surface area (Å²) in [7, 11) is 0. The first-order valence-electron chi connectivity index (χ1n) is 8.90. The number of thioether (sulfide) groups is 1. The first-order chi connectivity index (χ1) is 14.1. The fourth-order valence-corrected chi connectivity index (χ4v) is 4.40. The third kappa shape index (κ3) is 4.78. The number of hydrogen-bond donors (Lipinski definition) is 0. The van der Waals surface area contributed by atoms with Crippen LogP contribution in [-0.2, 0) is 11.4 Å². The molecule has 0 bridgehead atoms. The zero-order valence-electron chi connectivity index (χ0n) is 15.2. The molecule has 0 saturated carbocycles. The summed E-state index contributed by atoms with van der Waals surface area (Å²) in [6, 6.07) is 25.2. The largest absolute Gasteiger partial charge is 0.489 e. The van der Waals surface area contributed by atoms with Gasteiger partial charge in [-0.25, -0.2) is 0 Å². The van der Waals surface area contributed by atoms with E-state index in [1.165, 1.54) is 11.8 Å². The summed E-state index contributed by atoms with van der Waals surface area (Å²) in [6.07, 6.45) is 1.86. The average molecular weight is 482 g/mol. The van der Waals surface area contributed by atoms with E-state index in [2.05, 4.69) is 15.9 Å². The highest BCUT2D eigenvalue weighted by molar-refractivity contribution is 9.10. The number of ether oxygens (including phenoxy) is 1. The zero-order valence-corrected chi connectivity index (χ0v) is 18.5. The van der Waals surface area contributed by atoms with Crippen molar-refractivity contribution in [2.45, 2.75) is 6.61 Å². The maximum Gasteiger partial charge on any atom is 0.270 e. The van der Waals surface area contributed by atoms with Crippen molar-refractivity contribution in [2.75, 3.05) is 4.90 Å². The van der Waals surface area contributed by atoms with E-state index in [0.29, 0.717) is 15.8 Å². The van der Waals surface area contributed by atoms with Gasteiger partial charge in [-0.2, -0.15) is 0 Å². The lowest BCUT2D eigenvalue weighted by Crippen LogP contribution is -2.27. The van der Waals surface area contributed by atoms with Crippen LogP contribution in [0, 0.1) is 0 Å². The number of amides is 1. The van der Waals surface area contributed by atoms with E-state index >= 15 is 0 Å². The lowest BCUT2D eigenvalue weighted by Gasteiger charge is -2.14. The lowest BCUT2D eigenvalue weighted by atomic mass is 10.2. The first kappa shape index (κ1) is 19.9. The standard InChI is InChI=1S/C23H16BrNO2S2/c24-18-8-10-19(11-9-18)25-22(26)21(29-23(25)28)14-16-6-12-20(13-7-16)27-15-17-4-2-1-3-5-17/h1-14H,15H2/b21-14-. The molecule has 144 valence electrons. The molecule has 0 unspecified atom stereocenters. The quantitative estimate of drug-likeness (QED) is 0.310. The van der Waals surface area contributed by atoms with Gasteiger partial charge in [0.15, 0.2) is 4.32 Å². The number of thiocarbonyl (C=S) groups is 1. The van der Waals surface area contributed by atoms with Gasteiger partial charge in [-0.05, 0) is 53.6 Å².